The summed E-state index contributed by atoms with van der Waals surface area (Å²) in [7, 11) is 0. The molecule has 0 aromatic carbocycles. The van der Waals surface area contributed by atoms with E-state index in [-0.39, 0.29) is 0 Å². The Hall–Kier alpha value is -1.13. The second-order valence-electron chi connectivity index (χ2n) is 4.49. The van der Waals surface area contributed by atoms with E-state index < -0.39 is 0 Å². The standard InChI is InChI=1S/C13H17N3S/c1-4-12(15-6-1)13-9-14-10-16(13)7-5-11-3-2-8-17-11/h2-3,8-10,12,15H,1,4-7H2. The van der Waals surface area contributed by atoms with Crippen LogP contribution in [0, 0.1) is 0 Å². The monoisotopic (exact) mass is 247 g/mol. The minimum atomic E-state index is 0.515. The third-order valence-corrected chi connectivity index (χ3v) is 4.28. The van der Waals surface area contributed by atoms with Gasteiger partial charge in [0.1, 0.15) is 0 Å². The normalized spacial score (nSPS) is 19.9. The highest BCUT2D eigenvalue weighted by Gasteiger charge is 2.19. The molecule has 1 fully saturated rings. The van der Waals surface area contributed by atoms with E-state index in [0.29, 0.717) is 6.04 Å². The van der Waals surface area contributed by atoms with Crippen molar-refractivity contribution in [1.82, 2.24) is 14.9 Å². The van der Waals surface area contributed by atoms with E-state index in [9.17, 15) is 0 Å². The maximum Gasteiger partial charge on any atom is 0.0948 e. The van der Waals surface area contributed by atoms with Gasteiger partial charge < -0.3 is 9.88 Å². The van der Waals surface area contributed by atoms with Crippen LogP contribution in [0.4, 0.5) is 0 Å². The maximum absolute atomic E-state index is 4.29. The van der Waals surface area contributed by atoms with Crippen molar-refractivity contribution < 1.29 is 0 Å². The number of thiophene rings is 1. The molecule has 0 saturated carbocycles. The molecular formula is C13H17N3S. The molecule has 17 heavy (non-hydrogen) atoms. The van der Waals surface area contributed by atoms with Crippen molar-refractivity contribution in [1.29, 1.82) is 0 Å². The minimum absolute atomic E-state index is 0.515. The number of hydrogen-bond acceptors (Lipinski definition) is 3. The molecule has 0 bridgehead atoms. The molecular weight excluding hydrogens is 230 g/mol. The molecule has 1 N–H and O–H groups in total. The average Bonchev–Trinajstić information content (AvgIpc) is 3.09. The summed E-state index contributed by atoms with van der Waals surface area (Å²) in [4.78, 5) is 5.74. The van der Waals surface area contributed by atoms with Crippen LogP contribution in [0.25, 0.3) is 0 Å². The molecule has 90 valence electrons. The van der Waals surface area contributed by atoms with Crippen LogP contribution in [-0.4, -0.2) is 16.1 Å². The molecule has 4 heteroatoms. The molecule has 3 nitrogen and oxygen atoms in total. The second-order valence-corrected chi connectivity index (χ2v) is 5.52. The second kappa shape index (κ2) is 5.02. The largest absolute Gasteiger partial charge is 0.333 e. The van der Waals surface area contributed by atoms with Gasteiger partial charge in [-0.2, -0.15) is 0 Å². The van der Waals surface area contributed by atoms with Gasteiger partial charge in [0, 0.05) is 23.7 Å². The summed E-state index contributed by atoms with van der Waals surface area (Å²) in [5.74, 6) is 0. The van der Waals surface area contributed by atoms with Crippen molar-refractivity contribution in [3.05, 3.63) is 40.6 Å². The maximum atomic E-state index is 4.29. The summed E-state index contributed by atoms with van der Waals surface area (Å²) >= 11 is 1.83. The molecule has 1 unspecified atom stereocenters. The van der Waals surface area contributed by atoms with Crippen molar-refractivity contribution in [2.24, 2.45) is 0 Å². The topological polar surface area (TPSA) is 29.9 Å². The van der Waals surface area contributed by atoms with Crippen molar-refractivity contribution in [3.63, 3.8) is 0 Å². The third kappa shape index (κ3) is 2.42. The van der Waals surface area contributed by atoms with E-state index in [1.807, 2.05) is 23.9 Å². The Labute approximate surface area is 106 Å². The quantitative estimate of drug-likeness (QED) is 0.900. The molecule has 1 atom stereocenters. The molecule has 2 aromatic rings. The van der Waals surface area contributed by atoms with Crippen LogP contribution in [0.1, 0.15) is 29.5 Å². The number of nitrogens with one attached hydrogen (secondary N) is 1. The predicted molar refractivity (Wildman–Crippen MR) is 70.2 cm³/mol. The smallest absolute Gasteiger partial charge is 0.0948 e. The van der Waals surface area contributed by atoms with Gasteiger partial charge in [0.15, 0.2) is 0 Å². The fourth-order valence-corrected chi connectivity index (χ4v) is 3.13. The molecule has 0 radical (unpaired) electrons. The highest BCUT2D eigenvalue weighted by atomic mass is 32.1. The Balaban J connectivity index is 1.68. The van der Waals surface area contributed by atoms with Gasteiger partial charge in [0.05, 0.1) is 12.0 Å². The summed E-state index contributed by atoms with van der Waals surface area (Å²) in [5.41, 5.74) is 1.35. The Morgan fingerprint density at radius 2 is 2.53 bits per heavy atom. The summed E-state index contributed by atoms with van der Waals surface area (Å²) in [6, 6.07) is 4.84. The Kier molecular flexibility index (Phi) is 3.25. The number of hydrogen-bond donors (Lipinski definition) is 1. The highest BCUT2D eigenvalue weighted by molar-refractivity contribution is 7.09. The van der Waals surface area contributed by atoms with E-state index in [1.165, 1.54) is 23.4 Å². The van der Waals surface area contributed by atoms with E-state index in [1.54, 1.807) is 0 Å². The molecule has 1 aliphatic rings. The highest BCUT2D eigenvalue weighted by Crippen LogP contribution is 2.23. The fraction of sp³-hybridized carbons (Fsp3) is 0.462. The zero-order valence-electron chi connectivity index (χ0n) is 9.80. The van der Waals surface area contributed by atoms with Gasteiger partial charge >= 0.3 is 0 Å². The summed E-state index contributed by atoms with van der Waals surface area (Å²) in [5, 5.41) is 5.68. The molecule has 0 aliphatic carbocycles. The van der Waals surface area contributed by atoms with E-state index in [4.69, 9.17) is 0 Å². The van der Waals surface area contributed by atoms with Crippen LogP contribution in [0.2, 0.25) is 0 Å². The van der Waals surface area contributed by atoms with Gasteiger partial charge in [0.25, 0.3) is 0 Å². The van der Waals surface area contributed by atoms with Crippen LogP contribution in [-0.2, 0) is 13.0 Å². The third-order valence-electron chi connectivity index (χ3n) is 3.34. The lowest BCUT2D eigenvalue weighted by Crippen LogP contribution is -2.17. The Morgan fingerprint density at radius 1 is 1.53 bits per heavy atom. The van der Waals surface area contributed by atoms with Crippen LogP contribution < -0.4 is 5.32 Å². The molecule has 1 saturated heterocycles. The van der Waals surface area contributed by atoms with Crippen molar-refractivity contribution in [2.75, 3.05) is 6.54 Å². The summed E-state index contributed by atoms with van der Waals surface area (Å²) in [6.07, 6.45) is 7.60. The summed E-state index contributed by atoms with van der Waals surface area (Å²) in [6.45, 7) is 2.18. The van der Waals surface area contributed by atoms with Crippen molar-refractivity contribution in [2.45, 2.75) is 31.8 Å². The molecule has 3 heterocycles. The van der Waals surface area contributed by atoms with Gasteiger partial charge in [-0.3, -0.25) is 0 Å². The molecule has 1 aliphatic heterocycles. The first kappa shape index (κ1) is 11.0. The SMILES string of the molecule is c1csc(CCn2cncc2C2CCCN2)c1. The van der Waals surface area contributed by atoms with Gasteiger partial charge in [0.2, 0.25) is 0 Å². The van der Waals surface area contributed by atoms with E-state index in [0.717, 1.165) is 19.5 Å². The summed E-state index contributed by atoms with van der Waals surface area (Å²) < 4.78 is 2.29. The van der Waals surface area contributed by atoms with E-state index >= 15 is 0 Å². The first-order chi connectivity index (χ1) is 8.43. The number of rotatable bonds is 4. The number of aryl methyl sites for hydroxylation is 2. The van der Waals surface area contributed by atoms with Crippen LogP contribution >= 0.6 is 11.3 Å². The molecule has 0 spiro atoms. The van der Waals surface area contributed by atoms with Gasteiger partial charge in [-0.25, -0.2) is 4.98 Å². The number of imidazole rings is 1. The molecule has 2 aromatic heterocycles. The lowest BCUT2D eigenvalue weighted by Gasteiger charge is -2.13. The zero-order valence-corrected chi connectivity index (χ0v) is 10.6. The molecule has 0 amide bonds. The van der Waals surface area contributed by atoms with E-state index in [2.05, 4.69) is 32.4 Å². The number of aromatic nitrogens is 2. The van der Waals surface area contributed by atoms with Gasteiger partial charge in [-0.15, -0.1) is 11.3 Å². The van der Waals surface area contributed by atoms with Gasteiger partial charge in [-0.1, -0.05) is 6.07 Å². The lowest BCUT2D eigenvalue weighted by atomic mass is 10.2. The van der Waals surface area contributed by atoms with Crippen LogP contribution in [0.5, 0.6) is 0 Å². The zero-order chi connectivity index (χ0) is 11.5. The molecule has 3 rings (SSSR count). The minimum Gasteiger partial charge on any atom is -0.333 e. The van der Waals surface area contributed by atoms with Crippen molar-refractivity contribution >= 4 is 11.3 Å². The van der Waals surface area contributed by atoms with Gasteiger partial charge in [-0.05, 0) is 37.3 Å². The number of nitrogens with zero attached hydrogens (tertiary/aromatic N) is 2. The Morgan fingerprint density at radius 3 is 3.29 bits per heavy atom. The van der Waals surface area contributed by atoms with Crippen LogP contribution in [0.3, 0.4) is 0 Å². The average molecular weight is 247 g/mol. The predicted octanol–water partition coefficient (Wildman–Crippen LogP) is 2.61. The first-order valence-electron chi connectivity index (χ1n) is 6.19. The lowest BCUT2D eigenvalue weighted by molar-refractivity contribution is 0.564. The fourth-order valence-electron chi connectivity index (χ4n) is 2.43. The van der Waals surface area contributed by atoms with Crippen LogP contribution in [0.15, 0.2) is 30.0 Å². The van der Waals surface area contributed by atoms with Crippen molar-refractivity contribution in [3.8, 4) is 0 Å². The Bertz CT molecular complexity index is 455. The first-order valence-corrected chi connectivity index (χ1v) is 7.07.